The maximum Gasteiger partial charge on any atom is 0.252 e. The van der Waals surface area contributed by atoms with Gasteiger partial charge in [0.15, 0.2) is 0 Å². The summed E-state index contributed by atoms with van der Waals surface area (Å²) in [5.74, 6) is 0.963. The lowest BCUT2D eigenvalue weighted by molar-refractivity contribution is 0.0995. The first-order valence-electron chi connectivity index (χ1n) is 5.81. The van der Waals surface area contributed by atoms with E-state index in [0.29, 0.717) is 11.3 Å². The SMILES string of the molecule is Cc1oc2c(c1C(N)=O)C(C)(C)C(C)(C)C=C2. The number of aryl methyl sites for hydroxylation is 1. The summed E-state index contributed by atoms with van der Waals surface area (Å²) in [5.41, 5.74) is 6.73. The molecule has 17 heavy (non-hydrogen) atoms. The normalized spacial score (nSPS) is 20.1. The Morgan fingerprint density at radius 1 is 1.29 bits per heavy atom. The second kappa shape index (κ2) is 3.25. The van der Waals surface area contributed by atoms with Crippen molar-refractivity contribution in [3.8, 4) is 0 Å². The van der Waals surface area contributed by atoms with Crippen molar-refractivity contribution in [2.24, 2.45) is 11.1 Å². The molecule has 1 amide bonds. The number of nitrogens with two attached hydrogens (primary N) is 1. The molecule has 0 radical (unpaired) electrons. The molecule has 0 spiro atoms. The fourth-order valence-electron chi connectivity index (χ4n) is 2.42. The van der Waals surface area contributed by atoms with Crippen molar-refractivity contribution in [1.29, 1.82) is 0 Å². The predicted octanol–water partition coefficient (Wildman–Crippen LogP) is 3.02. The van der Waals surface area contributed by atoms with E-state index in [9.17, 15) is 4.79 Å². The van der Waals surface area contributed by atoms with Crippen LogP contribution in [0.25, 0.3) is 6.08 Å². The molecule has 0 unspecified atom stereocenters. The molecule has 1 aliphatic carbocycles. The Labute approximate surface area is 102 Å². The lowest BCUT2D eigenvalue weighted by atomic mass is 9.61. The third-order valence-corrected chi connectivity index (χ3v) is 4.25. The van der Waals surface area contributed by atoms with E-state index in [1.165, 1.54) is 0 Å². The molecule has 0 bridgehead atoms. The van der Waals surface area contributed by atoms with Crippen molar-refractivity contribution in [2.75, 3.05) is 0 Å². The Hall–Kier alpha value is -1.51. The smallest absolute Gasteiger partial charge is 0.252 e. The highest BCUT2D eigenvalue weighted by Crippen LogP contribution is 2.49. The van der Waals surface area contributed by atoms with Crippen molar-refractivity contribution in [1.82, 2.24) is 0 Å². The minimum atomic E-state index is -0.410. The zero-order chi connectivity index (χ0) is 13.0. The Morgan fingerprint density at radius 3 is 2.41 bits per heavy atom. The zero-order valence-electron chi connectivity index (χ0n) is 11.0. The van der Waals surface area contributed by atoms with Gasteiger partial charge in [0, 0.05) is 11.0 Å². The van der Waals surface area contributed by atoms with Crippen LogP contribution in [0.15, 0.2) is 10.5 Å². The Kier molecular flexibility index (Phi) is 2.29. The van der Waals surface area contributed by atoms with E-state index in [1.807, 2.05) is 6.08 Å². The number of carbonyl (C=O) groups excluding carboxylic acids is 1. The summed E-state index contributed by atoms with van der Waals surface area (Å²) >= 11 is 0. The number of fused-ring (bicyclic) bond motifs is 1. The van der Waals surface area contributed by atoms with Gasteiger partial charge < -0.3 is 10.2 Å². The van der Waals surface area contributed by atoms with Crippen LogP contribution >= 0.6 is 0 Å². The van der Waals surface area contributed by atoms with Crippen LogP contribution in [0.2, 0.25) is 0 Å². The van der Waals surface area contributed by atoms with Gasteiger partial charge in [-0.25, -0.2) is 0 Å². The monoisotopic (exact) mass is 233 g/mol. The standard InChI is InChI=1S/C14H19NO2/c1-8-10(12(15)16)11-9(17-8)6-7-13(2,3)14(11,4)5/h6-7H,1-5H3,(H2,15,16). The van der Waals surface area contributed by atoms with Gasteiger partial charge in [0.25, 0.3) is 5.91 Å². The van der Waals surface area contributed by atoms with Crippen molar-refractivity contribution >= 4 is 12.0 Å². The molecule has 1 aromatic rings. The minimum absolute atomic E-state index is 0.0412. The van der Waals surface area contributed by atoms with Crippen molar-refractivity contribution in [3.63, 3.8) is 0 Å². The molecule has 3 nitrogen and oxygen atoms in total. The fourth-order valence-corrected chi connectivity index (χ4v) is 2.42. The fraction of sp³-hybridized carbons (Fsp3) is 0.500. The molecule has 0 saturated heterocycles. The molecule has 1 aromatic heterocycles. The van der Waals surface area contributed by atoms with Gasteiger partial charge in [-0.15, -0.1) is 0 Å². The summed E-state index contributed by atoms with van der Waals surface area (Å²) in [6.07, 6.45) is 4.07. The number of amides is 1. The number of allylic oxidation sites excluding steroid dienone is 1. The van der Waals surface area contributed by atoms with E-state index in [0.717, 1.165) is 11.3 Å². The Bertz CT molecular complexity index is 519. The average Bonchev–Trinajstić information content (AvgIpc) is 2.51. The van der Waals surface area contributed by atoms with Crippen LogP contribution in [0.5, 0.6) is 0 Å². The third-order valence-electron chi connectivity index (χ3n) is 4.25. The van der Waals surface area contributed by atoms with Crippen molar-refractivity contribution in [2.45, 2.75) is 40.0 Å². The molecule has 0 fully saturated rings. The first-order chi connectivity index (χ1) is 7.68. The highest BCUT2D eigenvalue weighted by molar-refractivity contribution is 5.97. The number of carbonyl (C=O) groups is 1. The van der Waals surface area contributed by atoms with Crippen LogP contribution in [0.3, 0.4) is 0 Å². The van der Waals surface area contributed by atoms with Gasteiger partial charge >= 0.3 is 0 Å². The molecule has 1 aliphatic rings. The summed E-state index contributed by atoms with van der Waals surface area (Å²) in [6.45, 7) is 10.3. The van der Waals surface area contributed by atoms with Gasteiger partial charge in [0.1, 0.15) is 11.5 Å². The number of furan rings is 1. The molecular formula is C14H19NO2. The first-order valence-corrected chi connectivity index (χ1v) is 5.81. The quantitative estimate of drug-likeness (QED) is 0.810. The summed E-state index contributed by atoms with van der Waals surface area (Å²) in [7, 11) is 0. The average molecular weight is 233 g/mol. The maximum absolute atomic E-state index is 11.6. The van der Waals surface area contributed by atoms with E-state index in [1.54, 1.807) is 6.92 Å². The van der Waals surface area contributed by atoms with E-state index in [2.05, 4.69) is 33.8 Å². The van der Waals surface area contributed by atoms with Crippen molar-refractivity contribution < 1.29 is 9.21 Å². The van der Waals surface area contributed by atoms with Gasteiger partial charge in [0.05, 0.1) is 5.56 Å². The minimum Gasteiger partial charge on any atom is -0.461 e. The topological polar surface area (TPSA) is 56.2 Å². The van der Waals surface area contributed by atoms with E-state index >= 15 is 0 Å². The summed E-state index contributed by atoms with van der Waals surface area (Å²) < 4.78 is 5.64. The summed E-state index contributed by atoms with van der Waals surface area (Å²) in [6, 6.07) is 0. The number of hydrogen-bond donors (Lipinski definition) is 1. The molecule has 2 rings (SSSR count). The molecule has 1 heterocycles. The van der Waals surface area contributed by atoms with Gasteiger partial charge in [-0.1, -0.05) is 33.8 Å². The number of rotatable bonds is 1. The largest absolute Gasteiger partial charge is 0.461 e. The molecule has 3 heteroatoms. The lowest BCUT2D eigenvalue weighted by Crippen LogP contribution is -2.38. The van der Waals surface area contributed by atoms with Gasteiger partial charge in [0.2, 0.25) is 0 Å². The molecular weight excluding hydrogens is 214 g/mol. The van der Waals surface area contributed by atoms with Crippen LogP contribution in [0, 0.1) is 12.3 Å². The Balaban J connectivity index is 2.79. The van der Waals surface area contributed by atoms with Crippen LogP contribution in [0.1, 0.15) is 55.1 Å². The predicted molar refractivity (Wildman–Crippen MR) is 67.8 cm³/mol. The van der Waals surface area contributed by atoms with Crippen LogP contribution in [-0.4, -0.2) is 5.91 Å². The van der Waals surface area contributed by atoms with E-state index in [-0.39, 0.29) is 10.8 Å². The van der Waals surface area contributed by atoms with E-state index < -0.39 is 5.91 Å². The highest BCUT2D eigenvalue weighted by atomic mass is 16.3. The molecule has 0 aromatic carbocycles. The van der Waals surface area contributed by atoms with Crippen LogP contribution in [-0.2, 0) is 5.41 Å². The molecule has 0 aliphatic heterocycles. The number of primary amides is 1. The lowest BCUT2D eigenvalue weighted by Gasteiger charge is -2.42. The third kappa shape index (κ3) is 1.45. The van der Waals surface area contributed by atoms with Gasteiger partial charge in [-0.05, 0) is 18.4 Å². The van der Waals surface area contributed by atoms with Gasteiger partial charge in [-0.2, -0.15) is 0 Å². The van der Waals surface area contributed by atoms with Crippen molar-refractivity contribution in [3.05, 3.63) is 28.7 Å². The molecule has 0 atom stereocenters. The highest BCUT2D eigenvalue weighted by Gasteiger charge is 2.44. The number of hydrogen-bond acceptors (Lipinski definition) is 2. The maximum atomic E-state index is 11.6. The summed E-state index contributed by atoms with van der Waals surface area (Å²) in [4.78, 5) is 11.6. The molecule has 92 valence electrons. The zero-order valence-corrected chi connectivity index (χ0v) is 11.0. The molecule has 0 saturated carbocycles. The van der Waals surface area contributed by atoms with Crippen LogP contribution < -0.4 is 5.73 Å². The van der Waals surface area contributed by atoms with E-state index in [4.69, 9.17) is 10.2 Å². The van der Waals surface area contributed by atoms with Crippen LogP contribution in [0.4, 0.5) is 0 Å². The second-order valence-electron chi connectivity index (χ2n) is 5.82. The first kappa shape index (κ1) is 12.0. The summed E-state index contributed by atoms with van der Waals surface area (Å²) in [5, 5.41) is 0. The Morgan fingerprint density at radius 2 is 1.88 bits per heavy atom. The molecule has 2 N–H and O–H groups in total. The second-order valence-corrected chi connectivity index (χ2v) is 5.82. The van der Waals surface area contributed by atoms with Gasteiger partial charge in [-0.3, -0.25) is 4.79 Å².